The molecule has 0 aliphatic carbocycles. The fourth-order valence-electron chi connectivity index (χ4n) is 5.01. The van der Waals surface area contributed by atoms with Crippen molar-refractivity contribution in [3.63, 3.8) is 0 Å². The molecule has 2 aliphatic heterocycles. The van der Waals surface area contributed by atoms with Crippen LogP contribution in [0.15, 0.2) is 76.4 Å². The molecule has 0 spiro atoms. The largest absolute Gasteiger partial charge is 0.416 e. The number of nitrogens with zero attached hydrogens (tertiary/aromatic N) is 4. The molecule has 2 aromatic carbocycles. The molecule has 2 aliphatic rings. The van der Waals surface area contributed by atoms with Crippen LogP contribution in [-0.2, 0) is 19.1 Å². The Morgan fingerprint density at radius 3 is 2.25 bits per heavy atom. The standard InChI is InChI=1S/C28H33F4N7S/c1-17(4-5-20-6-7-24(28(30,31)32)10-21(20)16-39(34)36-19(3)33)37-12-22-14-38(15-23(22)13-37)18(2)26-9-8-25(40-35)11-27(26)29/h6-11H,1-2,4-5,12-16,34-35H2,3H3,(H2,33,36). The van der Waals surface area contributed by atoms with Gasteiger partial charge in [0.05, 0.1) is 12.1 Å². The first-order valence-corrected chi connectivity index (χ1v) is 13.5. The van der Waals surface area contributed by atoms with Crippen LogP contribution in [-0.4, -0.2) is 46.9 Å². The maximum atomic E-state index is 14.6. The fraction of sp³-hybridized carbons (Fsp3) is 0.321. The molecule has 6 N–H and O–H groups in total. The van der Waals surface area contributed by atoms with Gasteiger partial charge in [-0.05, 0) is 84.3 Å². The van der Waals surface area contributed by atoms with E-state index in [1.165, 1.54) is 23.3 Å². The van der Waals surface area contributed by atoms with E-state index in [2.05, 4.69) is 28.1 Å². The number of hydrogen-bond acceptors (Lipinski definition) is 7. The van der Waals surface area contributed by atoms with Crippen LogP contribution in [0.4, 0.5) is 17.6 Å². The van der Waals surface area contributed by atoms with Crippen LogP contribution in [0.1, 0.15) is 35.6 Å². The lowest BCUT2D eigenvalue weighted by Gasteiger charge is -2.28. The van der Waals surface area contributed by atoms with Crippen LogP contribution < -0.4 is 16.7 Å². The van der Waals surface area contributed by atoms with E-state index in [1.54, 1.807) is 19.1 Å². The van der Waals surface area contributed by atoms with Gasteiger partial charge in [-0.25, -0.2) is 15.4 Å². The van der Waals surface area contributed by atoms with Gasteiger partial charge in [0, 0.05) is 48.0 Å². The summed E-state index contributed by atoms with van der Waals surface area (Å²) in [7, 11) is 0. The van der Waals surface area contributed by atoms with E-state index in [1.807, 2.05) is 0 Å². The lowest BCUT2D eigenvalue weighted by atomic mass is 9.98. The van der Waals surface area contributed by atoms with Crippen molar-refractivity contribution < 1.29 is 17.6 Å². The number of hydrazine groups is 1. The molecule has 12 heteroatoms. The summed E-state index contributed by atoms with van der Waals surface area (Å²) in [6.45, 7) is 12.6. The third-order valence-corrected chi connectivity index (χ3v) is 7.60. The zero-order chi connectivity index (χ0) is 29.2. The number of benzene rings is 2. The fourth-order valence-corrected chi connectivity index (χ4v) is 5.33. The van der Waals surface area contributed by atoms with Gasteiger partial charge in [-0.3, -0.25) is 5.14 Å². The molecule has 0 saturated carbocycles. The van der Waals surface area contributed by atoms with Gasteiger partial charge < -0.3 is 15.5 Å². The Kier molecular flexibility index (Phi) is 8.81. The van der Waals surface area contributed by atoms with Crippen molar-refractivity contribution in [2.24, 2.45) is 21.8 Å². The number of nitrogens with two attached hydrogens (primary N) is 3. The summed E-state index contributed by atoms with van der Waals surface area (Å²) < 4.78 is 54.6. The van der Waals surface area contributed by atoms with Gasteiger partial charge in [-0.1, -0.05) is 19.2 Å². The summed E-state index contributed by atoms with van der Waals surface area (Å²) in [5.74, 6) is 5.70. The third kappa shape index (κ3) is 6.80. The summed E-state index contributed by atoms with van der Waals surface area (Å²) in [5.41, 5.74) is 10.5. The van der Waals surface area contributed by atoms with Crippen LogP contribution in [0.25, 0.3) is 5.70 Å². The number of alkyl halides is 3. The van der Waals surface area contributed by atoms with Crippen LogP contribution in [0.5, 0.6) is 0 Å². The van der Waals surface area contributed by atoms with E-state index in [0.29, 0.717) is 60.7 Å². The van der Waals surface area contributed by atoms with Crippen LogP contribution >= 0.6 is 11.9 Å². The molecular formula is C28H33F4N7S. The van der Waals surface area contributed by atoms with E-state index in [0.717, 1.165) is 40.5 Å². The van der Waals surface area contributed by atoms with Crippen molar-refractivity contribution in [2.75, 3.05) is 26.2 Å². The number of hydrazone groups is 1. The lowest BCUT2D eigenvalue weighted by Crippen LogP contribution is -2.29. The molecular weight excluding hydrogens is 542 g/mol. The van der Waals surface area contributed by atoms with Crippen molar-refractivity contribution in [3.8, 4) is 0 Å². The molecule has 0 saturated heterocycles. The predicted molar refractivity (Wildman–Crippen MR) is 152 cm³/mol. The number of allylic oxidation sites excluding steroid dienone is 1. The van der Waals surface area contributed by atoms with E-state index < -0.39 is 11.7 Å². The van der Waals surface area contributed by atoms with Crippen molar-refractivity contribution in [3.05, 3.63) is 94.5 Å². The van der Waals surface area contributed by atoms with E-state index >= 15 is 0 Å². The predicted octanol–water partition coefficient (Wildman–Crippen LogP) is 4.82. The number of amidine groups is 1. The highest BCUT2D eigenvalue weighted by Gasteiger charge is 2.33. The second-order valence-electron chi connectivity index (χ2n) is 10.0. The van der Waals surface area contributed by atoms with Gasteiger partial charge in [0.2, 0.25) is 0 Å². The Morgan fingerprint density at radius 2 is 1.68 bits per heavy atom. The van der Waals surface area contributed by atoms with E-state index in [-0.39, 0.29) is 18.2 Å². The Morgan fingerprint density at radius 1 is 1.02 bits per heavy atom. The smallest absolute Gasteiger partial charge is 0.386 e. The van der Waals surface area contributed by atoms with E-state index in [9.17, 15) is 17.6 Å². The minimum atomic E-state index is -4.47. The molecule has 2 aromatic rings. The van der Waals surface area contributed by atoms with Crippen LogP contribution in [0.3, 0.4) is 0 Å². The van der Waals surface area contributed by atoms with Gasteiger partial charge in [-0.2, -0.15) is 13.2 Å². The van der Waals surface area contributed by atoms with Gasteiger partial charge in [0.15, 0.2) is 0 Å². The quantitative estimate of drug-likeness (QED) is 0.0710. The second-order valence-corrected chi connectivity index (χ2v) is 10.7. The molecule has 214 valence electrons. The SMILES string of the molecule is C=C(CCc1ccc(C(F)(F)F)cc1CN(N)/N=C(/C)N)N1CC2=C(C1)CN(C(=C)c1ccc(SN)cc1F)C2. The summed E-state index contributed by atoms with van der Waals surface area (Å²) in [4.78, 5) is 4.89. The molecule has 7 nitrogen and oxygen atoms in total. The molecule has 0 fully saturated rings. The van der Waals surface area contributed by atoms with Crippen molar-refractivity contribution in [1.29, 1.82) is 0 Å². The summed E-state index contributed by atoms with van der Waals surface area (Å²) in [6.07, 6.45) is -3.41. The third-order valence-electron chi connectivity index (χ3n) is 7.08. The maximum absolute atomic E-state index is 14.6. The molecule has 0 aromatic heterocycles. The van der Waals surface area contributed by atoms with Gasteiger partial charge in [-0.15, -0.1) is 5.10 Å². The Hall–Kier alpha value is -3.48. The molecule has 4 rings (SSSR count). The average Bonchev–Trinajstić information content (AvgIpc) is 3.46. The molecule has 0 unspecified atom stereocenters. The second kappa shape index (κ2) is 11.9. The Bertz CT molecular complexity index is 1350. The summed E-state index contributed by atoms with van der Waals surface area (Å²) in [6, 6.07) is 8.57. The zero-order valence-electron chi connectivity index (χ0n) is 22.3. The highest BCUT2D eigenvalue weighted by Crippen LogP contribution is 2.35. The Balaban J connectivity index is 1.36. The first kappa shape index (κ1) is 29.5. The molecule has 0 radical (unpaired) electrons. The van der Waals surface area contributed by atoms with Crippen LogP contribution in [0.2, 0.25) is 0 Å². The topological polar surface area (TPSA) is 100 Å². The van der Waals surface area contributed by atoms with Crippen LogP contribution in [0, 0.1) is 5.82 Å². The van der Waals surface area contributed by atoms with Gasteiger partial charge >= 0.3 is 6.18 Å². The monoisotopic (exact) mass is 575 g/mol. The molecule has 0 atom stereocenters. The van der Waals surface area contributed by atoms with Gasteiger partial charge in [0.1, 0.15) is 11.7 Å². The lowest BCUT2D eigenvalue weighted by molar-refractivity contribution is -0.137. The van der Waals surface area contributed by atoms with Gasteiger partial charge in [0.25, 0.3) is 0 Å². The molecule has 40 heavy (non-hydrogen) atoms. The van der Waals surface area contributed by atoms with Crippen molar-refractivity contribution in [1.82, 2.24) is 14.9 Å². The zero-order valence-corrected chi connectivity index (χ0v) is 23.1. The maximum Gasteiger partial charge on any atom is 0.416 e. The number of hydrogen-bond donors (Lipinski definition) is 3. The highest BCUT2D eigenvalue weighted by molar-refractivity contribution is 7.97. The normalized spacial score (nSPS) is 15.6. The number of rotatable bonds is 10. The average molecular weight is 576 g/mol. The number of aryl methyl sites for hydroxylation is 1. The minimum Gasteiger partial charge on any atom is -0.386 e. The van der Waals surface area contributed by atoms with Crippen molar-refractivity contribution in [2.45, 2.75) is 37.4 Å². The minimum absolute atomic E-state index is 0.0199. The molecule has 0 amide bonds. The number of halogens is 4. The molecule has 2 heterocycles. The molecule has 0 bridgehead atoms. The first-order valence-electron chi connectivity index (χ1n) is 12.6. The van der Waals surface area contributed by atoms with Crippen molar-refractivity contribution >= 4 is 23.5 Å². The first-order chi connectivity index (χ1) is 18.8. The summed E-state index contributed by atoms with van der Waals surface area (Å²) >= 11 is 0.993. The van der Waals surface area contributed by atoms with E-state index in [4.69, 9.17) is 16.7 Å². The highest BCUT2D eigenvalue weighted by atomic mass is 32.2. The Labute approximate surface area is 235 Å². The summed E-state index contributed by atoms with van der Waals surface area (Å²) in [5, 5.41) is 10.5.